The molecule has 3 saturated carbocycles. The van der Waals surface area contributed by atoms with E-state index in [9.17, 15) is 4.79 Å². The van der Waals surface area contributed by atoms with Crippen molar-refractivity contribution in [3.63, 3.8) is 0 Å². The molecule has 0 unspecified atom stereocenters. The third-order valence-electron chi connectivity index (χ3n) is 4.90. The van der Waals surface area contributed by atoms with Crippen LogP contribution in [0.2, 0.25) is 0 Å². The fourth-order valence-corrected chi connectivity index (χ4v) is 4.47. The molecule has 66 valence electrons. The van der Waals surface area contributed by atoms with Crippen molar-refractivity contribution in [3.05, 3.63) is 0 Å². The molecule has 1 heteroatoms. The highest BCUT2D eigenvalue weighted by atomic mass is 16.1. The maximum Gasteiger partial charge on any atom is 0.139 e. The van der Waals surface area contributed by atoms with E-state index in [-0.39, 0.29) is 5.41 Å². The number of hydrogen-bond donors (Lipinski definition) is 0. The summed E-state index contributed by atoms with van der Waals surface area (Å²) in [5.74, 6) is 3.06. The lowest BCUT2D eigenvalue weighted by molar-refractivity contribution is -0.144. The molecular formula is C11H16O. The molecule has 0 aliphatic heterocycles. The van der Waals surface area contributed by atoms with Gasteiger partial charge in [-0.2, -0.15) is 0 Å². The van der Waals surface area contributed by atoms with Crippen molar-refractivity contribution >= 4 is 5.78 Å². The second-order valence-corrected chi connectivity index (χ2v) is 4.97. The molecule has 0 aromatic carbocycles. The lowest BCUT2D eigenvalue weighted by atomic mass is 9.50. The Balaban J connectivity index is 2.03. The topological polar surface area (TPSA) is 17.1 Å². The Bertz CT molecular complexity index is 237. The van der Waals surface area contributed by atoms with Gasteiger partial charge in [0.15, 0.2) is 0 Å². The molecule has 0 aromatic rings. The minimum atomic E-state index is 0.236. The standard InChI is InChI=1S/C11H16O/c1-7-8-3-2-6-11(8)9(7)4-5-10(11)12/h7-9H,2-6H2,1H3/t7-,8+,9+,11-/m1/s1. The van der Waals surface area contributed by atoms with Crippen LogP contribution in [-0.4, -0.2) is 5.78 Å². The van der Waals surface area contributed by atoms with Crippen LogP contribution in [0.15, 0.2) is 0 Å². The Labute approximate surface area is 73.5 Å². The van der Waals surface area contributed by atoms with Crippen molar-refractivity contribution in [3.8, 4) is 0 Å². The molecular weight excluding hydrogens is 148 g/mol. The zero-order chi connectivity index (χ0) is 8.34. The smallest absolute Gasteiger partial charge is 0.139 e. The highest BCUT2D eigenvalue weighted by Gasteiger charge is 2.67. The van der Waals surface area contributed by atoms with E-state index >= 15 is 0 Å². The third-order valence-corrected chi connectivity index (χ3v) is 4.90. The zero-order valence-electron chi connectivity index (χ0n) is 7.68. The van der Waals surface area contributed by atoms with E-state index in [1.165, 1.54) is 25.7 Å². The van der Waals surface area contributed by atoms with Crippen LogP contribution in [-0.2, 0) is 4.79 Å². The highest BCUT2D eigenvalue weighted by molar-refractivity contribution is 5.89. The lowest BCUT2D eigenvalue weighted by Crippen LogP contribution is -2.52. The zero-order valence-corrected chi connectivity index (χ0v) is 7.68. The Kier molecular flexibility index (Phi) is 1.15. The first-order valence-corrected chi connectivity index (χ1v) is 5.30. The second kappa shape index (κ2) is 1.94. The van der Waals surface area contributed by atoms with Crippen LogP contribution in [0, 0.1) is 23.2 Å². The van der Waals surface area contributed by atoms with Crippen LogP contribution in [0.5, 0.6) is 0 Å². The minimum Gasteiger partial charge on any atom is -0.299 e. The van der Waals surface area contributed by atoms with E-state index in [1.807, 2.05) is 0 Å². The summed E-state index contributed by atoms with van der Waals surface area (Å²) in [5, 5.41) is 0. The summed E-state index contributed by atoms with van der Waals surface area (Å²) in [4.78, 5) is 11.8. The summed E-state index contributed by atoms with van der Waals surface area (Å²) in [6.45, 7) is 2.36. The fourth-order valence-electron chi connectivity index (χ4n) is 4.47. The van der Waals surface area contributed by atoms with Gasteiger partial charge < -0.3 is 0 Å². The maximum absolute atomic E-state index is 11.8. The first-order chi connectivity index (χ1) is 5.77. The average molecular weight is 164 g/mol. The Morgan fingerprint density at radius 3 is 2.92 bits per heavy atom. The van der Waals surface area contributed by atoms with Gasteiger partial charge in [0.1, 0.15) is 5.78 Å². The van der Waals surface area contributed by atoms with Crippen LogP contribution in [0.4, 0.5) is 0 Å². The molecule has 3 fully saturated rings. The van der Waals surface area contributed by atoms with Crippen LogP contribution in [0.25, 0.3) is 0 Å². The van der Waals surface area contributed by atoms with Gasteiger partial charge in [-0.3, -0.25) is 4.79 Å². The largest absolute Gasteiger partial charge is 0.299 e. The lowest BCUT2D eigenvalue weighted by Gasteiger charge is -2.53. The van der Waals surface area contributed by atoms with E-state index in [0.717, 1.165) is 24.2 Å². The van der Waals surface area contributed by atoms with Crippen molar-refractivity contribution in [2.45, 2.75) is 39.0 Å². The molecule has 3 aliphatic carbocycles. The molecule has 0 bridgehead atoms. The molecule has 1 spiro atoms. The van der Waals surface area contributed by atoms with Crippen molar-refractivity contribution < 1.29 is 4.79 Å². The quantitative estimate of drug-likeness (QED) is 0.537. The Morgan fingerprint density at radius 2 is 2.08 bits per heavy atom. The molecule has 3 aliphatic rings. The summed E-state index contributed by atoms with van der Waals surface area (Å²) in [5.41, 5.74) is 0.236. The number of rotatable bonds is 0. The predicted octanol–water partition coefficient (Wildman–Crippen LogP) is 2.40. The van der Waals surface area contributed by atoms with Crippen LogP contribution in [0.1, 0.15) is 39.0 Å². The van der Waals surface area contributed by atoms with Gasteiger partial charge in [0.05, 0.1) is 0 Å². The summed E-state index contributed by atoms with van der Waals surface area (Å²) in [6, 6.07) is 0. The second-order valence-electron chi connectivity index (χ2n) is 4.97. The summed E-state index contributed by atoms with van der Waals surface area (Å²) in [6.07, 6.45) is 5.98. The Hall–Kier alpha value is -0.330. The average Bonchev–Trinajstić information content (AvgIpc) is 2.56. The fraction of sp³-hybridized carbons (Fsp3) is 0.909. The van der Waals surface area contributed by atoms with Gasteiger partial charge in [0, 0.05) is 11.8 Å². The van der Waals surface area contributed by atoms with Crippen molar-refractivity contribution in [2.24, 2.45) is 23.2 Å². The van der Waals surface area contributed by atoms with E-state index in [1.54, 1.807) is 0 Å². The van der Waals surface area contributed by atoms with Crippen molar-refractivity contribution in [1.82, 2.24) is 0 Å². The molecule has 12 heavy (non-hydrogen) atoms. The predicted molar refractivity (Wildman–Crippen MR) is 46.7 cm³/mol. The summed E-state index contributed by atoms with van der Waals surface area (Å²) >= 11 is 0. The molecule has 4 atom stereocenters. The van der Waals surface area contributed by atoms with Gasteiger partial charge in [0.25, 0.3) is 0 Å². The van der Waals surface area contributed by atoms with E-state index in [2.05, 4.69) is 6.92 Å². The number of hydrogen-bond acceptors (Lipinski definition) is 1. The first kappa shape index (κ1) is 7.11. The highest BCUT2D eigenvalue weighted by Crippen LogP contribution is 2.69. The van der Waals surface area contributed by atoms with Gasteiger partial charge in [-0.1, -0.05) is 13.3 Å². The molecule has 0 aromatic heterocycles. The van der Waals surface area contributed by atoms with Crippen LogP contribution < -0.4 is 0 Å². The van der Waals surface area contributed by atoms with E-state index < -0.39 is 0 Å². The van der Waals surface area contributed by atoms with E-state index in [4.69, 9.17) is 0 Å². The molecule has 0 N–H and O–H groups in total. The van der Waals surface area contributed by atoms with Crippen molar-refractivity contribution in [2.75, 3.05) is 0 Å². The van der Waals surface area contributed by atoms with Crippen molar-refractivity contribution in [1.29, 1.82) is 0 Å². The molecule has 3 rings (SSSR count). The SMILES string of the molecule is C[C@@H]1[C@@H]2CCC[C@@]23C(=O)CC[C@@H]13. The number of carbonyl (C=O) groups excluding carboxylic acids is 1. The van der Waals surface area contributed by atoms with Gasteiger partial charge in [-0.15, -0.1) is 0 Å². The normalized spacial score (nSPS) is 56.4. The monoisotopic (exact) mass is 164 g/mol. The van der Waals surface area contributed by atoms with E-state index in [0.29, 0.717) is 5.78 Å². The number of carbonyl (C=O) groups is 1. The Morgan fingerprint density at radius 1 is 1.33 bits per heavy atom. The molecule has 0 amide bonds. The molecule has 0 heterocycles. The molecule has 0 saturated heterocycles. The number of ketones is 1. The van der Waals surface area contributed by atoms with Crippen LogP contribution in [0.3, 0.4) is 0 Å². The van der Waals surface area contributed by atoms with Gasteiger partial charge in [-0.25, -0.2) is 0 Å². The number of Topliss-reactive ketones (excluding diaryl/α,β-unsaturated/α-hetero) is 1. The molecule has 1 nitrogen and oxygen atoms in total. The maximum atomic E-state index is 11.8. The first-order valence-electron chi connectivity index (χ1n) is 5.30. The minimum absolute atomic E-state index is 0.236. The van der Waals surface area contributed by atoms with Gasteiger partial charge >= 0.3 is 0 Å². The summed E-state index contributed by atoms with van der Waals surface area (Å²) in [7, 11) is 0. The third kappa shape index (κ3) is 0.512. The molecule has 0 radical (unpaired) electrons. The van der Waals surface area contributed by atoms with Gasteiger partial charge in [-0.05, 0) is 37.0 Å². The van der Waals surface area contributed by atoms with Gasteiger partial charge in [0.2, 0.25) is 0 Å². The van der Waals surface area contributed by atoms with Crippen LogP contribution >= 0.6 is 0 Å². The summed E-state index contributed by atoms with van der Waals surface area (Å²) < 4.78 is 0.